The number of fused-ring (bicyclic) bond motifs is 2. The summed E-state index contributed by atoms with van der Waals surface area (Å²) in [7, 11) is 0. The highest BCUT2D eigenvalue weighted by atomic mass is 19.1. The van der Waals surface area contributed by atoms with Crippen molar-refractivity contribution < 1.29 is 22.7 Å². The van der Waals surface area contributed by atoms with E-state index in [9.17, 15) is 13.6 Å². The first-order chi connectivity index (χ1) is 15.0. The van der Waals surface area contributed by atoms with Crippen LogP contribution in [0.5, 0.6) is 5.75 Å². The molecule has 2 bridgehead atoms. The molecule has 2 heterocycles. The highest BCUT2D eigenvalue weighted by Crippen LogP contribution is 2.46. The molecule has 3 aliphatic carbocycles. The highest BCUT2D eigenvalue weighted by molar-refractivity contribution is 6.03. The lowest BCUT2D eigenvalue weighted by Crippen LogP contribution is -2.39. The predicted molar refractivity (Wildman–Crippen MR) is 112 cm³/mol. The van der Waals surface area contributed by atoms with Crippen LogP contribution in [0.2, 0.25) is 0 Å². The fourth-order valence-electron chi connectivity index (χ4n) is 5.10. The summed E-state index contributed by atoms with van der Waals surface area (Å²) in [6, 6.07) is 2.60. The van der Waals surface area contributed by atoms with Crippen molar-refractivity contribution in [2.75, 3.05) is 23.3 Å². The van der Waals surface area contributed by atoms with Gasteiger partial charge in [-0.2, -0.15) is 4.98 Å². The second kappa shape index (κ2) is 8.13. The fraction of sp³-hybridized carbons (Fsp3) is 0.565. The molecule has 4 fully saturated rings. The van der Waals surface area contributed by atoms with Gasteiger partial charge in [-0.25, -0.2) is 8.78 Å². The number of carbonyl (C=O) groups is 1. The molecule has 0 radical (unpaired) electrons. The van der Waals surface area contributed by atoms with Gasteiger partial charge in [-0.3, -0.25) is 4.79 Å². The average molecular weight is 431 g/mol. The molecule has 0 spiro atoms. The molecular formula is C23H27F2N3O3. The summed E-state index contributed by atoms with van der Waals surface area (Å²) in [5.41, 5.74) is 0.165. The first kappa shape index (κ1) is 20.3. The number of carbonyl (C=O) groups excluding carboxylic acids is 1. The van der Waals surface area contributed by atoms with Gasteiger partial charge >= 0.3 is 0 Å². The Hall–Kier alpha value is -2.64. The molecule has 166 valence electrons. The van der Waals surface area contributed by atoms with Crippen molar-refractivity contribution in [3.63, 3.8) is 0 Å². The van der Waals surface area contributed by atoms with E-state index in [1.165, 1.54) is 12.8 Å². The van der Waals surface area contributed by atoms with Crippen LogP contribution in [0.25, 0.3) is 0 Å². The van der Waals surface area contributed by atoms with Crippen molar-refractivity contribution in [1.82, 2.24) is 4.98 Å². The van der Waals surface area contributed by atoms with Gasteiger partial charge in [0.1, 0.15) is 5.76 Å². The Balaban J connectivity index is 1.30. The zero-order valence-corrected chi connectivity index (χ0v) is 17.6. The number of halogens is 2. The third kappa shape index (κ3) is 4.00. The molecule has 1 aromatic carbocycles. The third-order valence-corrected chi connectivity index (χ3v) is 6.67. The first-order valence-electron chi connectivity index (χ1n) is 11.2. The van der Waals surface area contributed by atoms with E-state index >= 15 is 0 Å². The zero-order valence-electron chi connectivity index (χ0n) is 17.6. The number of rotatable bonds is 6. The molecule has 6 rings (SSSR count). The Morgan fingerprint density at radius 3 is 2.42 bits per heavy atom. The van der Waals surface area contributed by atoms with Gasteiger partial charge in [-0.05, 0) is 50.4 Å². The zero-order chi connectivity index (χ0) is 21.5. The Kier molecular flexibility index (Phi) is 5.32. The first-order valence-corrected chi connectivity index (χ1v) is 11.2. The van der Waals surface area contributed by atoms with E-state index in [0.717, 1.165) is 50.9 Å². The number of ether oxygens (including phenoxy) is 1. The molecule has 3 saturated carbocycles. The highest BCUT2D eigenvalue weighted by Gasteiger charge is 2.39. The number of nitrogens with one attached hydrogen (secondary N) is 1. The average Bonchev–Trinajstić information content (AvgIpc) is 3.40. The maximum atomic E-state index is 14.6. The van der Waals surface area contributed by atoms with E-state index in [1.807, 2.05) is 11.8 Å². The number of oxazole rings is 1. The summed E-state index contributed by atoms with van der Waals surface area (Å²) in [5, 5.41) is 2.55. The van der Waals surface area contributed by atoms with Gasteiger partial charge in [0.2, 0.25) is 0 Å². The molecule has 0 atom stereocenters. The topological polar surface area (TPSA) is 67.6 Å². The van der Waals surface area contributed by atoms with Crippen LogP contribution in [-0.4, -0.2) is 30.1 Å². The van der Waals surface area contributed by atoms with Crippen LogP contribution < -0.4 is 15.0 Å². The molecule has 8 heteroatoms. The maximum Gasteiger partial charge on any atom is 0.298 e. The van der Waals surface area contributed by atoms with Gasteiger partial charge in [0.15, 0.2) is 23.1 Å². The van der Waals surface area contributed by atoms with Crippen LogP contribution >= 0.6 is 0 Å². The summed E-state index contributed by atoms with van der Waals surface area (Å²) in [6.45, 7) is 3.54. The molecule has 1 amide bonds. The normalized spacial score (nSPS) is 24.7. The number of amides is 1. The van der Waals surface area contributed by atoms with Gasteiger partial charge in [-0.1, -0.05) is 6.92 Å². The van der Waals surface area contributed by atoms with Gasteiger partial charge in [0, 0.05) is 37.3 Å². The molecule has 4 aliphatic rings. The van der Waals surface area contributed by atoms with Crippen LogP contribution in [0.15, 0.2) is 16.5 Å². The molecule has 1 aromatic heterocycles. The summed E-state index contributed by atoms with van der Waals surface area (Å²) in [5.74, 6) is -0.854. The molecule has 2 aromatic rings. The number of aryl methyl sites for hydroxylation is 1. The Morgan fingerprint density at radius 1 is 1.16 bits per heavy atom. The number of nitrogens with zero attached hydrogens (tertiary/aromatic N) is 2. The van der Waals surface area contributed by atoms with Crippen molar-refractivity contribution in [3.8, 4) is 5.75 Å². The molecule has 1 N–H and O–H groups in total. The van der Waals surface area contributed by atoms with Gasteiger partial charge < -0.3 is 19.4 Å². The van der Waals surface area contributed by atoms with Crippen molar-refractivity contribution >= 4 is 17.6 Å². The van der Waals surface area contributed by atoms with Crippen molar-refractivity contribution in [2.45, 2.75) is 58.0 Å². The number of anilines is 2. The second-order valence-electron chi connectivity index (χ2n) is 8.95. The van der Waals surface area contributed by atoms with Crippen molar-refractivity contribution in [3.05, 3.63) is 35.2 Å². The fourth-order valence-corrected chi connectivity index (χ4v) is 5.10. The van der Waals surface area contributed by atoms with E-state index in [2.05, 4.69) is 10.3 Å². The second-order valence-corrected chi connectivity index (χ2v) is 8.95. The minimum Gasteiger partial charge on any atom is -0.484 e. The molecule has 1 aliphatic heterocycles. The Labute approximate surface area is 180 Å². The number of aromatic nitrogens is 1. The molecule has 31 heavy (non-hydrogen) atoms. The SMILES string of the molecule is CCc1oc(N2CCCC2)nc1C(=O)Nc1cc(F)c(OC2CC3CC(C3)C2)c(F)c1. The van der Waals surface area contributed by atoms with Crippen molar-refractivity contribution in [1.29, 1.82) is 0 Å². The van der Waals surface area contributed by atoms with Crippen LogP contribution in [0.1, 0.15) is 61.7 Å². The Bertz CT molecular complexity index is 947. The minimum atomic E-state index is -0.817. The van der Waals surface area contributed by atoms with Crippen molar-refractivity contribution in [2.24, 2.45) is 11.8 Å². The van der Waals surface area contributed by atoms with Crippen LogP contribution in [0, 0.1) is 23.5 Å². The monoisotopic (exact) mass is 431 g/mol. The number of hydrogen-bond acceptors (Lipinski definition) is 5. The number of hydrogen-bond donors (Lipinski definition) is 1. The third-order valence-electron chi connectivity index (χ3n) is 6.67. The van der Waals surface area contributed by atoms with E-state index in [0.29, 0.717) is 30.0 Å². The lowest BCUT2D eigenvalue weighted by molar-refractivity contribution is 0.00932. The van der Waals surface area contributed by atoms with E-state index < -0.39 is 17.5 Å². The Morgan fingerprint density at radius 2 is 1.81 bits per heavy atom. The van der Waals surface area contributed by atoms with Gasteiger partial charge in [0.05, 0.1) is 6.10 Å². The largest absolute Gasteiger partial charge is 0.484 e. The molecule has 0 unspecified atom stereocenters. The smallest absolute Gasteiger partial charge is 0.298 e. The lowest BCUT2D eigenvalue weighted by atomic mass is 9.64. The summed E-state index contributed by atoms with van der Waals surface area (Å²) < 4.78 is 40.7. The quantitative estimate of drug-likeness (QED) is 0.702. The lowest BCUT2D eigenvalue weighted by Gasteiger charge is -2.44. The van der Waals surface area contributed by atoms with Crippen LogP contribution in [-0.2, 0) is 6.42 Å². The number of benzene rings is 1. The van der Waals surface area contributed by atoms with Gasteiger partial charge in [0.25, 0.3) is 11.9 Å². The summed E-state index contributed by atoms with van der Waals surface area (Å²) in [4.78, 5) is 19.1. The predicted octanol–water partition coefficient (Wildman–Crippen LogP) is 4.94. The minimum absolute atomic E-state index is 0.0200. The standard InChI is InChI=1S/C23H27F2N3O3/c1-2-19-20(27-23(31-19)28-5-3-4-6-28)22(29)26-15-11-17(24)21(18(25)12-15)30-16-9-13-7-14(8-13)10-16/h11-14,16H,2-10H2,1H3,(H,26,29). The van der Waals surface area contributed by atoms with Gasteiger partial charge in [-0.15, -0.1) is 0 Å². The molecular weight excluding hydrogens is 404 g/mol. The van der Waals surface area contributed by atoms with Crippen LogP contribution in [0.3, 0.4) is 0 Å². The van der Waals surface area contributed by atoms with E-state index in [-0.39, 0.29) is 23.2 Å². The molecule has 6 nitrogen and oxygen atoms in total. The summed E-state index contributed by atoms with van der Waals surface area (Å²) in [6.07, 6.45) is 6.56. The van der Waals surface area contributed by atoms with E-state index in [4.69, 9.17) is 9.15 Å². The van der Waals surface area contributed by atoms with Crippen LogP contribution in [0.4, 0.5) is 20.5 Å². The van der Waals surface area contributed by atoms with E-state index in [1.54, 1.807) is 0 Å². The maximum absolute atomic E-state index is 14.6. The summed E-state index contributed by atoms with van der Waals surface area (Å²) >= 11 is 0. The molecule has 1 saturated heterocycles.